The molecule has 1 aliphatic heterocycles. The lowest BCUT2D eigenvalue weighted by Crippen LogP contribution is -2.35. The number of aliphatic hydroxyl groups is 2. The zero-order valence-corrected chi connectivity index (χ0v) is 32.1. The lowest BCUT2D eigenvalue weighted by atomic mass is 10.1. The number of hydrogen-bond acceptors (Lipinski definition) is 11. The van der Waals surface area contributed by atoms with Gasteiger partial charge in [-0.05, 0) is 68.7 Å². The highest BCUT2D eigenvalue weighted by Gasteiger charge is 2.45. The van der Waals surface area contributed by atoms with Crippen molar-refractivity contribution in [3.63, 3.8) is 0 Å². The number of carbonyl (C=O) groups is 1. The van der Waals surface area contributed by atoms with Crippen LogP contribution >= 0.6 is 19.3 Å². The van der Waals surface area contributed by atoms with Gasteiger partial charge in [0.15, 0.2) is 17.7 Å². The van der Waals surface area contributed by atoms with Gasteiger partial charge in [-0.3, -0.25) is 13.9 Å². The summed E-state index contributed by atoms with van der Waals surface area (Å²) in [5, 5.41) is 27.1. The SMILES string of the molecule is CC/C=C/C/C=C\C/C=C\C/C=C\C/C=C\CCCC(=O)NCCNP(=O)(OC[C@H]1O[C@@H](n2cnc3c(N)nc(Cl)nc32)[C@H](O)[C@@H]1O)Oc1ccccc1. The van der Waals surface area contributed by atoms with Crippen LogP contribution in [0.15, 0.2) is 97.4 Å². The normalized spacial score (nSPS) is 20.4. The highest BCUT2D eigenvalue weighted by atomic mass is 35.5. The summed E-state index contributed by atoms with van der Waals surface area (Å²) in [5.74, 6) is 0.184. The van der Waals surface area contributed by atoms with Crippen LogP contribution in [0.25, 0.3) is 11.2 Å². The van der Waals surface area contributed by atoms with Crippen LogP contribution in [0.3, 0.4) is 0 Å². The average molecular weight is 784 g/mol. The fourth-order valence-corrected chi connectivity index (χ4v) is 6.83. The van der Waals surface area contributed by atoms with E-state index in [0.717, 1.165) is 38.5 Å². The van der Waals surface area contributed by atoms with Gasteiger partial charge >= 0.3 is 7.75 Å². The van der Waals surface area contributed by atoms with Crippen molar-refractivity contribution in [3.05, 3.63) is 103 Å². The van der Waals surface area contributed by atoms with Gasteiger partial charge in [0.2, 0.25) is 11.2 Å². The number of nitrogens with zero attached hydrogens (tertiary/aromatic N) is 4. The molecule has 6 N–H and O–H groups in total. The second-order valence-corrected chi connectivity index (χ2v) is 14.4. The summed E-state index contributed by atoms with van der Waals surface area (Å²) in [5.41, 5.74) is 6.33. The Morgan fingerprint density at radius 3 is 2.28 bits per heavy atom. The smallest absolute Gasteiger partial charge is 0.413 e. The van der Waals surface area contributed by atoms with E-state index in [1.807, 2.05) is 0 Å². The summed E-state index contributed by atoms with van der Waals surface area (Å²) >= 11 is 5.97. The Labute approximate surface area is 321 Å². The average Bonchev–Trinajstić information content (AvgIpc) is 3.70. The minimum absolute atomic E-state index is 0.0410. The molecule has 0 saturated carbocycles. The molecule has 4 rings (SSSR count). The second-order valence-electron chi connectivity index (χ2n) is 12.3. The van der Waals surface area contributed by atoms with Crippen LogP contribution in [-0.4, -0.2) is 73.6 Å². The van der Waals surface area contributed by atoms with Crippen molar-refractivity contribution in [1.29, 1.82) is 0 Å². The number of para-hydroxylation sites is 1. The number of allylic oxidation sites excluding steroid dienone is 10. The number of imidazole rings is 1. The van der Waals surface area contributed by atoms with Crippen LogP contribution in [0, 0.1) is 0 Å². The number of benzene rings is 1. The van der Waals surface area contributed by atoms with Crippen molar-refractivity contribution in [2.24, 2.45) is 0 Å². The highest BCUT2D eigenvalue weighted by molar-refractivity contribution is 7.52. The van der Waals surface area contributed by atoms with Gasteiger partial charge in [0.25, 0.3) is 0 Å². The summed E-state index contributed by atoms with van der Waals surface area (Å²) in [6, 6.07) is 8.42. The molecule has 1 amide bonds. The predicted octanol–water partition coefficient (Wildman–Crippen LogP) is 6.51. The molecule has 1 saturated heterocycles. The number of hydrogen-bond donors (Lipinski definition) is 5. The molecular formula is C38H51ClN7O7P. The number of nitrogens with two attached hydrogens (primary N) is 1. The van der Waals surface area contributed by atoms with Crippen molar-refractivity contribution in [2.75, 3.05) is 25.4 Å². The fourth-order valence-electron chi connectivity index (χ4n) is 5.32. The number of fused-ring (bicyclic) bond motifs is 1. The number of anilines is 1. The molecule has 16 heteroatoms. The molecule has 14 nitrogen and oxygen atoms in total. The number of nitrogens with one attached hydrogen (secondary N) is 2. The van der Waals surface area contributed by atoms with Gasteiger partial charge in [0, 0.05) is 19.5 Å². The standard InChI is InChI=1S/C38H51ClN7O7P/c1-2-3-4-5-6-7-8-9-10-11-12-13-14-15-16-17-21-24-31(47)41-25-26-43-54(50,53-29-22-19-18-20-23-29)51-27-30-33(48)34(49)37(52-30)46-28-42-32-35(40)44-38(39)45-36(32)46/h3-4,6-7,9-10,12-13,15-16,18-20,22-23,28,30,33-34,37,48-49H,2,5,8,11,14,17,21,24-27H2,1H3,(H,41,47)(H,43,50)(H2,40,44,45)/b4-3+,7-6-,10-9-,13-12-,16-15-/t30-,33-,34-,37-,54?/m1/s1. The van der Waals surface area contributed by atoms with E-state index in [1.54, 1.807) is 30.3 Å². The molecule has 3 aromatic rings. The molecule has 0 bridgehead atoms. The lowest BCUT2D eigenvalue weighted by molar-refractivity contribution is -0.121. The van der Waals surface area contributed by atoms with Crippen molar-refractivity contribution in [3.8, 4) is 5.75 Å². The summed E-state index contributed by atoms with van der Waals surface area (Å²) in [4.78, 5) is 24.6. The molecule has 0 spiro atoms. The van der Waals surface area contributed by atoms with Crippen molar-refractivity contribution < 1.29 is 33.4 Å². The maximum atomic E-state index is 13.8. The Morgan fingerprint density at radius 2 is 1.61 bits per heavy atom. The van der Waals surface area contributed by atoms with E-state index in [9.17, 15) is 19.6 Å². The van der Waals surface area contributed by atoms with Gasteiger partial charge in [0.1, 0.15) is 29.6 Å². The first-order valence-corrected chi connectivity index (χ1v) is 20.1. The van der Waals surface area contributed by atoms with Crippen LogP contribution in [0.1, 0.15) is 64.5 Å². The third kappa shape index (κ3) is 13.9. The van der Waals surface area contributed by atoms with Crippen LogP contribution < -0.4 is 20.7 Å². The van der Waals surface area contributed by atoms with Gasteiger partial charge in [-0.2, -0.15) is 9.97 Å². The minimum Gasteiger partial charge on any atom is -0.413 e. The first-order valence-electron chi connectivity index (χ1n) is 18.1. The van der Waals surface area contributed by atoms with Gasteiger partial charge in [-0.15, -0.1) is 0 Å². The first kappa shape index (κ1) is 42.6. The van der Waals surface area contributed by atoms with E-state index in [0.29, 0.717) is 12.8 Å². The van der Waals surface area contributed by atoms with Gasteiger partial charge in [-0.1, -0.05) is 85.9 Å². The highest BCUT2D eigenvalue weighted by Crippen LogP contribution is 2.45. The van der Waals surface area contributed by atoms with Crippen LogP contribution in [-0.2, 0) is 18.6 Å². The molecule has 5 atom stereocenters. The molecule has 1 unspecified atom stereocenters. The van der Waals surface area contributed by atoms with E-state index in [1.165, 1.54) is 10.9 Å². The van der Waals surface area contributed by atoms with Gasteiger partial charge in [-0.25, -0.2) is 14.6 Å². The Balaban J connectivity index is 1.16. The van der Waals surface area contributed by atoms with E-state index < -0.39 is 38.9 Å². The number of amides is 1. The molecule has 1 fully saturated rings. The van der Waals surface area contributed by atoms with Crippen LogP contribution in [0.5, 0.6) is 5.75 Å². The Kier molecular flexibility index (Phi) is 18.1. The van der Waals surface area contributed by atoms with E-state index in [2.05, 4.69) is 93.0 Å². The molecule has 0 radical (unpaired) electrons. The topological polar surface area (TPSA) is 196 Å². The molecule has 3 heterocycles. The van der Waals surface area contributed by atoms with Gasteiger partial charge in [0.05, 0.1) is 12.9 Å². The number of nitrogen functional groups attached to an aromatic ring is 1. The Hall–Kier alpha value is -4.14. The molecule has 2 aromatic heterocycles. The predicted molar refractivity (Wildman–Crippen MR) is 211 cm³/mol. The molecule has 1 aromatic carbocycles. The summed E-state index contributed by atoms with van der Waals surface area (Å²) in [7, 11) is -4.06. The van der Waals surface area contributed by atoms with Crippen molar-refractivity contribution >= 4 is 42.2 Å². The molecule has 1 aliphatic rings. The number of unbranched alkanes of at least 4 members (excludes halogenated alkanes) is 1. The molecule has 292 valence electrons. The summed E-state index contributed by atoms with van der Waals surface area (Å²) in [6.07, 6.45) is 24.3. The lowest BCUT2D eigenvalue weighted by Gasteiger charge is -2.22. The largest absolute Gasteiger partial charge is 0.458 e. The molecule has 0 aliphatic carbocycles. The third-order valence-electron chi connectivity index (χ3n) is 8.09. The minimum atomic E-state index is -4.06. The quantitative estimate of drug-likeness (QED) is 0.0303. The van der Waals surface area contributed by atoms with Gasteiger partial charge < -0.3 is 30.5 Å². The van der Waals surface area contributed by atoms with E-state index >= 15 is 0 Å². The number of rotatable bonds is 23. The maximum Gasteiger partial charge on any atom is 0.458 e. The third-order valence-corrected chi connectivity index (χ3v) is 9.82. The number of aliphatic hydroxyl groups excluding tert-OH is 2. The molecular weight excluding hydrogens is 733 g/mol. The summed E-state index contributed by atoms with van der Waals surface area (Å²) < 4.78 is 32.5. The van der Waals surface area contributed by atoms with Crippen molar-refractivity contribution in [2.45, 2.75) is 82.8 Å². The number of ether oxygens (including phenoxy) is 1. The maximum absolute atomic E-state index is 13.8. The monoisotopic (exact) mass is 783 g/mol. The number of carbonyl (C=O) groups excluding carboxylic acids is 1. The van der Waals surface area contributed by atoms with Crippen LogP contribution in [0.2, 0.25) is 5.28 Å². The number of halogens is 1. The van der Waals surface area contributed by atoms with E-state index in [-0.39, 0.29) is 47.0 Å². The Morgan fingerprint density at radius 1 is 0.963 bits per heavy atom. The molecule has 54 heavy (non-hydrogen) atoms. The second kappa shape index (κ2) is 22.9. The van der Waals surface area contributed by atoms with Crippen LogP contribution in [0.4, 0.5) is 5.82 Å². The first-order chi connectivity index (χ1) is 26.2. The Bertz CT molecular complexity index is 1800. The zero-order valence-electron chi connectivity index (χ0n) is 30.5. The van der Waals surface area contributed by atoms with E-state index in [4.69, 9.17) is 31.1 Å². The fraction of sp³-hybridized carbons (Fsp3) is 0.421. The zero-order chi connectivity index (χ0) is 38.6. The number of aromatic nitrogens is 4. The van der Waals surface area contributed by atoms with Crippen molar-refractivity contribution in [1.82, 2.24) is 29.9 Å². The summed E-state index contributed by atoms with van der Waals surface area (Å²) in [6.45, 7) is 1.94.